The van der Waals surface area contributed by atoms with Gasteiger partial charge in [-0.2, -0.15) is 0 Å². The van der Waals surface area contributed by atoms with E-state index >= 15 is 0 Å². The number of hydrogen-bond donors (Lipinski definition) is 2. The topological polar surface area (TPSA) is 33.3 Å². The first-order valence-corrected chi connectivity index (χ1v) is 6.30. The molecule has 0 radical (unpaired) electrons. The lowest BCUT2D eigenvalue weighted by atomic mass is 10.1. The fourth-order valence-corrected chi connectivity index (χ4v) is 2.32. The number of nitrogens with one attached hydrogen (secondary N) is 2. The molecule has 1 saturated carbocycles. The lowest BCUT2D eigenvalue weighted by Crippen LogP contribution is -2.45. The molecular formula is C12H24N2O. The lowest BCUT2D eigenvalue weighted by molar-refractivity contribution is 0.0712. The van der Waals surface area contributed by atoms with Gasteiger partial charge in [0.1, 0.15) is 0 Å². The van der Waals surface area contributed by atoms with E-state index in [-0.39, 0.29) is 0 Å². The van der Waals surface area contributed by atoms with Crippen molar-refractivity contribution in [2.24, 2.45) is 11.8 Å². The van der Waals surface area contributed by atoms with E-state index in [1.807, 2.05) is 0 Å². The molecule has 3 heteroatoms. The van der Waals surface area contributed by atoms with Crippen molar-refractivity contribution in [3.8, 4) is 0 Å². The van der Waals surface area contributed by atoms with Crippen LogP contribution in [0.3, 0.4) is 0 Å². The predicted octanol–water partition coefficient (Wildman–Crippen LogP) is 0.999. The predicted molar refractivity (Wildman–Crippen MR) is 62.0 cm³/mol. The molecule has 1 aliphatic heterocycles. The molecule has 0 amide bonds. The lowest BCUT2D eigenvalue weighted by Gasteiger charge is -2.26. The summed E-state index contributed by atoms with van der Waals surface area (Å²) in [6, 6.07) is 1.16. The maximum absolute atomic E-state index is 5.45. The number of rotatable bonds is 5. The van der Waals surface area contributed by atoms with Gasteiger partial charge in [0.05, 0.1) is 13.2 Å². The van der Waals surface area contributed by atoms with Gasteiger partial charge in [0.15, 0.2) is 0 Å². The molecule has 2 aliphatic rings. The van der Waals surface area contributed by atoms with Gasteiger partial charge in [-0.15, -0.1) is 0 Å². The van der Waals surface area contributed by atoms with E-state index in [2.05, 4.69) is 24.5 Å². The molecule has 2 N–H and O–H groups in total. The Hall–Kier alpha value is -0.120. The Morgan fingerprint density at radius 3 is 2.93 bits per heavy atom. The maximum Gasteiger partial charge on any atom is 0.0620 e. The van der Waals surface area contributed by atoms with Crippen LogP contribution in [0.25, 0.3) is 0 Å². The van der Waals surface area contributed by atoms with E-state index in [0.29, 0.717) is 12.1 Å². The van der Waals surface area contributed by atoms with Crippen molar-refractivity contribution >= 4 is 0 Å². The molecule has 0 spiro atoms. The van der Waals surface area contributed by atoms with Gasteiger partial charge in [0.2, 0.25) is 0 Å². The highest BCUT2D eigenvalue weighted by Crippen LogP contribution is 2.36. The summed E-state index contributed by atoms with van der Waals surface area (Å²) in [7, 11) is 0. The van der Waals surface area contributed by atoms with Gasteiger partial charge in [-0.25, -0.2) is 0 Å². The standard InChI is InChI=1S/C12H24N2O/c1-9-5-11(9)7-14-10(2)6-12-8-15-4-3-13-12/h9-14H,3-8H2,1-2H3. The second-order valence-corrected chi connectivity index (χ2v) is 5.24. The van der Waals surface area contributed by atoms with Crippen LogP contribution in [-0.2, 0) is 4.74 Å². The van der Waals surface area contributed by atoms with Crippen molar-refractivity contribution in [2.45, 2.75) is 38.8 Å². The monoisotopic (exact) mass is 212 g/mol. The third kappa shape index (κ3) is 3.74. The van der Waals surface area contributed by atoms with Gasteiger partial charge in [-0.3, -0.25) is 0 Å². The van der Waals surface area contributed by atoms with E-state index in [0.717, 1.165) is 31.6 Å². The van der Waals surface area contributed by atoms with Gasteiger partial charge >= 0.3 is 0 Å². The van der Waals surface area contributed by atoms with Crippen molar-refractivity contribution in [1.82, 2.24) is 10.6 Å². The zero-order valence-corrected chi connectivity index (χ0v) is 9.96. The Bertz CT molecular complexity index is 192. The fraction of sp³-hybridized carbons (Fsp3) is 1.00. The minimum Gasteiger partial charge on any atom is -0.379 e. The van der Waals surface area contributed by atoms with Crippen LogP contribution in [0.4, 0.5) is 0 Å². The summed E-state index contributed by atoms with van der Waals surface area (Å²) in [5, 5.41) is 7.12. The average molecular weight is 212 g/mol. The van der Waals surface area contributed by atoms with Crippen LogP contribution in [-0.4, -0.2) is 38.4 Å². The van der Waals surface area contributed by atoms with Gasteiger partial charge in [0.25, 0.3) is 0 Å². The Kier molecular flexibility index (Phi) is 4.00. The van der Waals surface area contributed by atoms with Crippen LogP contribution in [0.5, 0.6) is 0 Å². The molecule has 1 aliphatic carbocycles. The molecule has 88 valence electrons. The second-order valence-electron chi connectivity index (χ2n) is 5.24. The molecule has 0 aromatic rings. The summed E-state index contributed by atoms with van der Waals surface area (Å²) in [6.07, 6.45) is 2.60. The third-order valence-corrected chi connectivity index (χ3v) is 3.64. The summed E-state index contributed by atoms with van der Waals surface area (Å²) in [4.78, 5) is 0. The number of ether oxygens (including phenoxy) is 1. The molecule has 1 heterocycles. The second kappa shape index (κ2) is 5.28. The third-order valence-electron chi connectivity index (χ3n) is 3.64. The highest BCUT2D eigenvalue weighted by atomic mass is 16.5. The summed E-state index contributed by atoms with van der Waals surface area (Å²) in [5.41, 5.74) is 0. The van der Waals surface area contributed by atoms with Crippen LogP contribution in [0.2, 0.25) is 0 Å². The van der Waals surface area contributed by atoms with Crippen LogP contribution >= 0.6 is 0 Å². The minimum absolute atomic E-state index is 0.554. The summed E-state index contributed by atoms with van der Waals surface area (Å²) in [6.45, 7) is 8.59. The first-order chi connectivity index (χ1) is 7.25. The minimum atomic E-state index is 0.554. The summed E-state index contributed by atoms with van der Waals surface area (Å²) < 4.78 is 5.45. The highest BCUT2D eigenvalue weighted by Gasteiger charge is 2.32. The van der Waals surface area contributed by atoms with Gasteiger partial charge in [-0.05, 0) is 38.1 Å². The van der Waals surface area contributed by atoms with Crippen LogP contribution in [0.1, 0.15) is 26.7 Å². The van der Waals surface area contributed by atoms with Crippen molar-refractivity contribution < 1.29 is 4.74 Å². The molecule has 15 heavy (non-hydrogen) atoms. The Balaban J connectivity index is 1.56. The van der Waals surface area contributed by atoms with Gasteiger partial charge in [-0.1, -0.05) is 6.92 Å². The molecule has 0 aromatic carbocycles. The summed E-state index contributed by atoms with van der Waals surface area (Å²) >= 11 is 0. The molecule has 2 rings (SSSR count). The SMILES string of the molecule is CC(CC1COCCN1)NCC1CC1C. The van der Waals surface area contributed by atoms with Gasteiger partial charge < -0.3 is 15.4 Å². The van der Waals surface area contributed by atoms with Crippen LogP contribution < -0.4 is 10.6 Å². The molecule has 1 saturated heterocycles. The van der Waals surface area contributed by atoms with E-state index in [1.165, 1.54) is 19.4 Å². The fourth-order valence-electron chi connectivity index (χ4n) is 2.32. The highest BCUT2D eigenvalue weighted by molar-refractivity contribution is 4.85. The number of hydrogen-bond acceptors (Lipinski definition) is 3. The Morgan fingerprint density at radius 2 is 2.33 bits per heavy atom. The first-order valence-electron chi connectivity index (χ1n) is 6.30. The molecule has 3 nitrogen and oxygen atoms in total. The van der Waals surface area contributed by atoms with E-state index in [1.54, 1.807) is 0 Å². The van der Waals surface area contributed by atoms with Gasteiger partial charge in [0, 0.05) is 18.6 Å². The van der Waals surface area contributed by atoms with E-state index < -0.39 is 0 Å². The largest absolute Gasteiger partial charge is 0.379 e. The Morgan fingerprint density at radius 1 is 1.53 bits per heavy atom. The summed E-state index contributed by atoms with van der Waals surface area (Å²) in [5.74, 6) is 1.91. The smallest absolute Gasteiger partial charge is 0.0620 e. The Labute approximate surface area is 93.0 Å². The molecule has 0 aromatic heterocycles. The number of morpholine rings is 1. The molecule has 0 bridgehead atoms. The van der Waals surface area contributed by atoms with Crippen molar-refractivity contribution in [3.63, 3.8) is 0 Å². The molecule has 4 atom stereocenters. The van der Waals surface area contributed by atoms with Crippen molar-refractivity contribution in [3.05, 3.63) is 0 Å². The molecule has 4 unspecified atom stereocenters. The van der Waals surface area contributed by atoms with Crippen molar-refractivity contribution in [2.75, 3.05) is 26.3 Å². The van der Waals surface area contributed by atoms with E-state index in [9.17, 15) is 0 Å². The zero-order valence-electron chi connectivity index (χ0n) is 9.96. The molecular weight excluding hydrogens is 188 g/mol. The first kappa shape index (κ1) is 11.4. The quantitative estimate of drug-likeness (QED) is 0.713. The van der Waals surface area contributed by atoms with Crippen LogP contribution in [0, 0.1) is 11.8 Å². The van der Waals surface area contributed by atoms with Crippen LogP contribution in [0.15, 0.2) is 0 Å². The van der Waals surface area contributed by atoms with Crippen molar-refractivity contribution in [1.29, 1.82) is 0 Å². The molecule has 2 fully saturated rings. The average Bonchev–Trinajstić information content (AvgIpc) is 2.93. The zero-order chi connectivity index (χ0) is 10.7. The normalized spacial score (nSPS) is 37.6. The maximum atomic E-state index is 5.45. The van der Waals surface area contributed by atoms with E-state index in [4.69, 9.17) is 4.74 Å².